The molecule has 0 aromatic carbocycles. The van der Waals surface area contributed by atoms with Crippen LogP contribution in [0.1, 0.15) is 18.9 Å². The standard InChI is InChI=1S/C16H16N4S/c1-2-4-12-7-8-14(18-11-12)20-15-6-3-5-13(19-15)16-17-9-10-21-16/h3,5-11H,2,4H2,1H3,(H,18,19,20). The average Bonchev–Trinajstić information content (AvgIpc) is 3.04. The third-order valence-electron chi connectivity index (χ3n) is 3.02. The lowest BCUT2D eigenvalue weighted by atomic mass is 10.2. The Balaban J connectivity index is 1.77. The molecule has 4 nitrogen and oxygen atoms in total. The molecule has 106 valence electrons. The molecule has 0 spiro atoms. The third-order valence-corrected chi connectivity index (χ3v) is 3.82. The van der Waals surface area contributed by atoms with E-state index in [-0.39, 0.29) is 0 Å². The van der Waals surface area contributed by atoms with Gasteiger partial charge in [0, 0.05) is 17.8 Å². The van der Waals surface area contributed by atoms with Crippen molar-refractivity contribution >= 4 is 23.0 Å². The quantitative estimate of drug-likeness (QED) is 0.763. The van der Waals surface area contributed by atoms with Gasteiger partial charge in [-0.3, -0.25) is 0 Å². The van der Waals surface area contributed by atoms with Crippen LogP contribution in [-0.4, -0.2) is 15.0 Å². The second-order valence-corrected chi connectivity index (χ2v) is 5.57. The van der Waals surface area contributed by atoms with Gasteiger partial charge in [0.1, 0.15) is 22.3 Å². The summed E-state index contributed by atoms with van der Waals surface area (Å²) in [6.07, 6.45) is 5.89. The van der Waals surface area contributed by atoms with E-state index in [1.54, 1.807) is 17.5 Å². The first-order valence-corrected chi connectivity index (χ1v) is 7.82. The Bertz CT molecular complexity index is 693. The fourth-order valence-corrected chi connectivity index (χ4v) is 2.65. The molecule has 0 saturated heterocycles. The predicted molar refractivity (Wildman–Crippen MR) is 86.9 cm³/mol. The minimum absolute atomic E-state index is 0.776. The first-order valence-electron chi connectivity index (χ1n) is 6.94. The molecule has 0 fully saturated rings. The molecule has 0 saturated carbocycles. The number of thiazole rings is 1. The molecule has 3 aromatic rings. The molecule has 0 aliphatic heterocycles. The zero-order chi connectivity index (χ0) is 14.5. The minimum Gasteiger partial charge on any atom is -0.325 e. The fourth-order valence-electron chi connectivity index (χ4n) is 2.04. The largest absolute Gasteiger partial charge is 0.325 e. The Hall–Kier alpha value is -2.27. The van der Waals surface area contributed by atoms with Crippen LogP contribution in [0, 0.1) is 0 Å². The monoisotopic (exact) mass is 296 g/mol. The van der Waals surface area contributed by atoms with Crippen LogP contribution in [0.2, 0.25) is 0 Å². The highest BCUT2D eigenvalue weighted by atomic mass is 32.1. The van der Waals surface area contributed by atoms with Gasteiger partial charge in [0.2, 0.25) is 0 Å². The fraction of sp³-hybridized carbons (Fsp3) is 0.188. The second-order valence-electron chi connectivity index (χ2n) is 4.67. The summed E-state index contributed by atoms with van der Waals surface area (Å²) < 4.78 is 0. The van der Waals surface area contributed by atoms with Crippen LogP contribution in [0.5, 0.6) is 0 Å². The van der Waals surface area contributed by atoms with Gasteiger partial charge in [-0.15, -0.1) is 11.3 Å². The molecule has 0 unspecified atom stereocenters. The minimum atomic E-state index is 0.776. The number of aromatic nitrogens is 3. The van der Waals surface area contributed by atoms with Crippen molar-refractivity contribution in [1.82, 2.24) is 15.0 Å². The SMILES string of the molecule is CCCc1ccc(Nc2cccc(-c3nccs3)n2)nc1. The van der Waals surface area contributed by atoms with Crippen molar-refractivity contribution in [3.05, 3.63) is 53.7 Å². The van der Waals surface area contributed by atoms with Gasteiger partial charge < -0.3 is 5.32 Å². The highest BCUT2D eigenvalue weighted by molar-refractivity contribution is 7.13. The van der Waals surface area contributed by atoms with Crippen LogP contribution in [-0.2, 0) is 6.42 Å². The Morgan fingerprint density at radius 3 is 2.76 bits per heavy atom. The molecule has 0 aliphatic carbocycles. The molecule has 1 N–H and O–H groups in total. The maximum absolute atomic E-state index is 4.57. The number of hydrogen-bond acceptors (Lipinski definition) is 5. The lowest BCUT2D eigenvalue weighted by Gasteiger charge is -2.06. The number of aryl methyl sites for hydroxylation is 1. The van der Waals surface area contributed by atoms with Crippen LogP contribution < -0.4 is 5.32 Å². The summed E-state index contributed by atoms with van der Waals surface area (Å²) in [7, 11) is 0. The molecule has 5 heteroatoms. The maximum atomic E-state index is 4.57. The lowest BCUT2D eigenvalue weighted by molar-refractivity contribution is 0.914. The second kappa shape index (κ2) is 6.45. The van der Waals surface area contributed by atoms with E-state index in [1.165, 1.54) is 5.56 Å². The van der Waals surface area contributed by atoms with Gasteiger partial charge in [-0.1, -0.05) is 25.5 Å². The van der Waals surface area contributed by atoms with Crippen molar-refractivity contribution in [3.63, 3.8) is 0 Å². The van der Waals surface area contributed by atoms with Crippen LogP contribution >= 0.6 is 11.3 Å². The number of anilines is 2. The highest BCUT2D eigenvalue weighted by Gasteiger charge is 2.04. The zero-order valence-electron chi connectivity index (χ0n) is 11.8. The number of pyridine rings is 2. The van der Waals surface area contributed by atoms with Crippen LogP contribution in [0.4, 0.5) is 11.6 Å². The molecule has 0 bridgehead atoms. The molecular formula is C16H16N4S. The van der Waals surface area contributed by atoms with Crippen LogP contribution in [0.15, 0.2) is 48.1 Å². The number of rotatable bonds is 5. The summed E-state index contributed by atoms with van der Waals surface area (Å²) in [6, 6.07) is 9.95. The van der Waals surface area contributed by atoms with E-state index in [0.717, 1.165) is 35.2 Å². The van der Waals surface area contributed by atoms with E-state index >= 15 is 0 Å². The summed E-state index contributed by atoms with van der Waals surface area (Å²) in [5.41, 5.74) is 2.13. The molecule has 0 radical (unpaired) electrons. The average molecular weight is 296 g/mol. The molecule has 0 atom stereocenters. The van der Waals surface area contributed by atoms with Gasteiger partial charge >= 0.3 is 0 Å². The molecule has 21 heavy (non-hydrogen) atoms. The first-order chi connectivity index (χ1) is 10.3. The van der Waals surface area contributed by atoms with E-state index in [2.05, 4.69) is 33.3 Å². The van der Waals surface area contributed by atoms with Crippen molar-refractivity contribution in [2.24, 2.45) is 0 Å². The van der Waals surface area contributed by atoms with E-state index in [9.17, 15) is 0 Å². The molecule has 0 aliphatic rings. The summed E-state index contributed by atoms with van der Waals surface area (Å²) in [4.78, 5) is 13.3. The number of nitrogens with one attached hydrogen (secondary N) is 1. The van der Waals surface area contributed by atoms with Crippen molar-refractivity contribution in [2.75, 3.05) is 5.32 Å². The van der Waals surface area contributed by atoms with Gasteiger partial charge in [-0.2, -0.15) is 0 Å². The van der Waals surface area contributed by atoms with Gasteiger partial charge in [0.15, 0.2) is 0 Å². The number of nitrogens with zero attached hydrogens (tertiary/aromatic N) is 3. The smallest absolute Gasteiger partial charge is 0.141 e. The first kappa shape index (κ1) is 13.7. The maximum Gasteiger partial charge on any atom is 0.141 e. The van der Waals surface area contributed by atoms with E-state index in [1.807, 2.05) is 35.8 Å². The Morgan fingerprint density at radius 1 is 1.10 bits per heavy atom. The van der Waals surface area contributed by atoms with Crippen molar-refractivity contribution < 1.29 is 0 Å². The van der Waals surface area contributed by atoms with Gasteiger partial charge in [-0.25, -0.2) is 15.0 Å². The van der Waals surface area contributed by atoms with Crippen LogP contribution in [0.3, 0.4) is 0 Å². The Labute approximate surface area is 127 Å². The summed E-state index contributed by atoms with van der Waals surface area (Å²) in [5.74, 6) is 1.58. The van der Waals surface area contributed by atoms with Crippen molar-refractivity contribution in [1.29, 1.82) is 0 Å². The normalized spacial score (nSPS) is 10.5. The third kappa shape index (κ3) is 3.44. The van der Waals surface area contributed by atoms with E-state index < -0.39 is 0 Å². The molecule has 3 heterocycles. The summed E-state index contributed by atoms with van der Waals surface area (Å²) in [5, 5.41) is 6.10. The van der Waals surface area contributed by atoms with Gasteiger partial charge in [0.25, 0.3) is 0 Å². The zero-order valence-corrected chi connectivity index (χ0v) is 12.6. The Morgan fingerprint density at radius 2 is 2.05 bits per heavy atom. The van der Waals surface area contributed by atoms with Crippen molar-refractivity contribution in [3.8, 4) is 10.7 Å². The summed E-state index contributed by atoms with van der Waals surface area (Å²) in [6.45, 7) is 2.17. The van der Waals surface area contributed by atoms with Crippen LogP contribution in [0.25, 0.3) is 10.7 Å². The topological polar surface area (TPSA) is 50.7 Å². The molecular weight excluding hydrogens is 280 g/mol. The van der Waals surface area contributed by atoms with Gasteiger partial charge in [-0.05, 0) is 30.2 Å². The molecule has 3 rings (SSSR count). The van der Waals surface area contributed by atoms with E-state index in [0.29, 0.717) is 0 Å². The lowest BCUT2D eigenvalue weighted by Crippen LogP contribution is -1.97. The van der Waals surface area contributed by atoms with Crippen molar-refractivity contribution in [2.45, 2.75) is 19.8 Å². The van der Waals surface area contributed by atoms with E-state index in [4.69, 9.17) is 0 Å². The molecule has 0 amide bonds. The Kier molecular flexibility index (Phi) is 4.21. The highest BCUT2D eigenvalue weighted by Crippen LogP contribution is 2.22. The number of hydrogen-bond donors (Lipinski definition) is 1. The predicted octanol–water partition coefficient (Wildman–Crippen LogP) is 4.30. The van der Waals surface area contributed by atoms with Gasteiger partial charge in [0.05, 0.1) is 0 Å². The molecule has 3 aromatic heterocycles. The summed E-state index contributed by atoms with van der Waals surface area (Å²) >= 11 is 1.58.